The van der Waals surface area contributed by atoms with Crippen LogP contribution < -0.4 is 16.8 Å². The average molecular weight is 311 g/mol. The third-order valence-electron chi connectivity index (χ3n) is 3.54. The van der Waals surface area contributed by atoms with Crippen molar-refractivity contribution in [3.8, 4) is 0 Å². The first-order chi connectivity index (χ1) is 9.95. The third-order valence-corrected chi connectivity index (χ3v) is 3.87. The number of nitrogens with two attached hydrogens (primary N) is 2. The molecule has 6 nitrogen and oxygen atoms in total. The van der Waals surface area contributed by atoms with Gasteiger partial charge in [0, 0.05) is 24.8 Å². The number of nitrogens with zero attached hydrogens (tertiary/aromatic N) is 1. The monoisotopic (exact) mass is 310 g/mol. The van der Waals surface area contributed by atoms with Crippen LogP contribution in [-0.4, -0.2) is 42.4 Å². The van der Waals surface area contributed by atoms with Crippen molar-refractivity contribution in [1.29, 1.82) is 0 Å². The second-order valence-electron chi connectivity index (χ2n) is 5.23. The van der Waals surface area contributed by atoms with Gasteiger partial charge in [-0.25, -0.2) is 0 Å². The molecule has 1 aliphatic rings. The van der Waals surface area contributed by atoms with Crippen molar-refractivity contribution in [2.24, 2.45) is 5.73 Å². The van der Waals surface area contributed by atoms with E-state index < -0.39 is 0 Å². The molecule has 0 unspecified atom stereocenters. The molecule has 21 heavy (non-hydrogen) atoms. The first-order valence-electron chi connectivity index (χ1n) is 6.82. The third kappa shape index (κ3) is 4.34. The number of hydrogen-bond donors (Lipinski definition) is 3. The minimum absolute atomic E-state index is 0.0686. The topological polar surface area (TPSA) is 101 Å². The highest BCUT2D eigenvalue weighted by Gasteiger charge is 2.22. The van der Waals surface area contributed by atoms with Gasteiger partial charge in [0.2, 0.25) is 5.91 Å². The fourth-order valence-corrected chi connectivity index (χ4v) is 2.64. The lowest BCUT2D eigenvalue weighted by molar-refractivity contribution is -0.119. The van der Waals surface area contributed by atoms with Gasteiger partial charge in [-0.05, 0) is 31.0 Å². The minimum atomic E-state index is -0.330. The molecular weight excluding hydrogens is 292 g/mol. The van der Waals surface area contributed by atoms with Crippen LogP contribution >= 0.6 is 11.6 Å². The molecule has 1 saturated heterocycles. The summed E-state index contributed by atoms with van der Waals surface area (Å²) in [6.07, 6.45) is 1.55. The van der Waals surface area contributed by atoms with Crippen molar-refractivity contribution < 1.29 is 9.59 Å². The molecule has 0 atom stereocenters. The van der Waals surface area contributed by atoms with Crippen LogP contribution in [0.25, 0.3) is 0 Å². The molecule has 1 aliphatic heterocycles. The summed E-state index contributed by atoms with van der Waals surface area (Å²) in [6, 6.07) is 4.90. The predicted octanol–water partition coefficient (Wildman–Crippen LogP) is 0.602. The van der Waals surface area contributed by atoms with E-state index in [1.54, 1.807) is 18.2 Å². The highest BCUT2D eigenvalue weighted by atomic mass is 35.5. The average Bonchev–Trinajstić information content (AvgIpc) is 2.43. The Kier molecular flexibility index (Phi) is 5.03. The Morgan fingerprint density at radius 3 is 2.62 bits per heavy atom. The highest BCUT2D eigenvalue weighted by molar-refractivity contribution is 6.34. The number of carbonyl (C=O) groups is 2. The van der Waals surface area contributed by atoms with Gasteiger partial charge < -0.3 is 16.8 Å². The molecule has 1 aromatic rings. The molecule has 2 rings (SSSR count). The minimum Gasteiger partial charge on any atom is -0.399 e. The number of nitrogens with one attached hydrogen (secondary N) is 1. The van der Waals surface area contributed by atoms with Crippen LogP contribution in [0.4, 0.5) is 5.69 Å². The molecule has 1 aromatic carbocycles. The molecule has 7 heteroatoms. The lowest BCUT2D eigenvalue weighted by atomic mass is 10.0. The van der Waals surface area contributed by atoms with Crippen LogP contribution in [0.15, 0.2) is 18.2 Å². The standard InChI is InChI=1S/C14H19ClN4O2/c15-12-2-1-9(16)7-11(12)14(21)18-10-3-5-19(6-4-10)8-13(17)20/h1-2,7,10H,3-6,8,16H2,(H2,17,20)(H,18,21). The summed E-state index contributed by atoms with van der Waals surface area (Å²) in [5, 5.41) is 3.34. The molecule has 2 amide bonds. The van der Waals surface area contributed by atoms with Gasteiger partial charge in [-0.15, -0.1) is 0 Å². The van der Waals surface area contributed by atoms with Gasteiger partial charge in [0.25, 0.3) is 5.91 Å². The normalized spacial score (nSPS) is 16.6. The maximum absolute atomic E-state index is 12.2. The van der Waals surface area contributed by atoms with Gasteiger partial charge in [-0.3, -0.25) is 14.5 Å². The number of benzene rings is 1. The van der Waals surface area contributed by atoms with E-state index in [-0.39, 0.29) is 24.4 Å². The van der Waals surface area contributed by atoms with E-state index in [4.69, 9.17) is 23.1 Å². The molecule has 0 spiro atoms. The largest absolute Gasteiger partial charge is 0.399 e. The van der Waals surface area contributed by atoms with Crippen LogP contribution in [0, 0.1) is 0 Å². The number of anilines is 1. The smallest absolute Gasteiger partial charge is 0.253 e. The van der Waals surface area contributed by atoms with Gasteiger partial charge in [0.05, 0.1) is 17.1 Å². The second kappa shape index (κ2) is 6.78. The van der Waals surface area contributed by atoms with Gasteiger partial charge in [0.15, 0.2) is 0 Å². The Morgan fingerprint density at radius 1 is 1.33 bits per heavy atom. The highest BCUT2D eigenvalue weighted by Crippen LogP contribution is 2.19. The summed E-state index contributed by atoms with van der Waals surface area (Å²) in [5.41, 5.74) is 11.7. The van der Waals surface area contributed by atoms with Crippen molar-refractivity contribution in [2.75, 3.05) is 25.4 Å². The Balaban J connectivity index is 1.90. The molecule has 5 N–H and O–H groups in total. The molecule has 1 heterocycles. The molecule has 114 valence electrons. The number of halogens is 1. The number of primary amides is 1. The van der Waals surface area contributed by atoms with Gasteiger partial charge in [0.1, 0.15) is 0 Å². The van der Waals surface area contributed by atoms with Crippen molar-refractivity contribution in [3.63, 3.8) is 0 Å². The number of carbonyl (C=O) groups excluding carboxylic acids is 2. The Labute approximate surface area is 128 Å². The van der Waals surface area contributed by atoms with E-state index in [2.05, 4.69) is 5.32 Å². The van der Waals surface area contributed by atoms with Crippen LogP contribution in [-0.2, 0) is 4.79 Å². The number of rotatable bonds is 4. The molecule has 0 radical (unpaired) electrons. The van der Waals surface area contributed by atoms with Gasteiger partial charge >= 0.3 is 0 Å². The lowest BCUT2D eigenvalue weighted by Crippen LogP contribution is -2.46. The Bertz CT molecular complexity index is 542. The summed E-state index contributed by atoms with van der Waals surface area (Å²) in [7, 11) is 0. The quantitative estimate of drug-likeness (QED) is 0.709. The van der Waals surface area contributed by atoms with Crippen LogP contribution in [0.1, 0.15) is 23.2 Å². The number of nitrogen functional groups attached to an aromatic ring is 1. The molecule has 1 fully saturated rings. The van der Waals surface area contributed by atoms with E-state index in [0.717, 1.165) is 25.9 Å². The first kappa shape index (κ1) is 15.6. The molecule has 0 aromatic heterocycles. The Hall–Kier alpha value is -1.79. The van der Waals surface area contributed by atoms with E-state index >= 15 is 0 Å². The van der Waals surface area contributed by atoms with Crippen LogP contribution in [0.3, 0.4) is 0 Å². The van der Waals surface area contributed by atoms with Crippen LogP contribution in [0.5, 0.6) is 0 Å². The second-order valence-corrected chi connectivity index (χ2v) is 5.64. The number of piperidine rings is 1. The van der Waals surface area contributed by atoms with Crippen molar-refractivity contribution in [3.05, 3.63) is 28.8 Å². The summed E-state index contributed by atoms with van der Waals surface area (Å²) in [6.45, 7) is 1.73. The number of likely N-dealkylation sites (tertiary alicyclic amines) is 1. The van der Waals surface area contributed by atoms with E-state index in [9.17, 15) is 9.59 Å². The summed E-state index contributed by atoms with van der Waals surface area (Å²) < 4.78 is 0. The lowest BCUT2D eigenvalue weighted by Gasteiger charge is -2.31. The first-order valence-corrected chi connectivity index (χ1v) is 7.20. The summed E-state index contributed by atoms with van der Waals surface area (Å²) in [5.74, 6) is -0.551. The maximum atomic E-state index is 12.2. The van der Waals surface area contributed by atoms with Gasteiger partial charge in [-0.1, -0.05) is 11.6 Å². The van der Waals surface area contributed by atoms with Crippen molar-refractivity contribution in [1.82, 2.24) is 10.2 Å². The SMILES string of the molecule is NC(=O)CN1CCC(NC(=O)c2cc(N)ccc2Cl)CC1. The fourth-order valence-electron chi connectivity index (χ4n) is 2.44. The molecule has 0 bridgehead atoms. The maximum Gasteiger partial charge on any atom is 0.253 e. The molecule has 0 saturated carbocycles. The zero-order valence-corrected chi connectivity index (χ0v) is 12.4. The molecular formula is C14H19ClN4O2. The summed E-state index contributed by atoms with van der Waals surface area (Å²) in [4.78, 5) is 25.1. The zero-order chi connectivity index (χ0) is 15.4. The fraction of sp³-hybridized carbons (Fsp3) is 0.429. The molecule has 0 aliphatic carbocycles. The van der Waals surface area contributed by atoms with E-state index in [1.165, 1.54) is 0 Å². The van der Waals surface area contributed by atoms with Crippen molar-refractivity contribution in [2.45, 2.75) is 18.9 Å². The number of amides is 2. The Morgan fingerprint density at radius 2 is 2.00 bits per heavy atom. The van der Waals surface area contributed by atoms with Crippen molar-refractivity contribution >= 4 is 29.1 Å². The summed E-state index contributed by atoms with van der Waals surface area (Å²) >= 11 is 6.01. The zero-order valence-electron chi connectivity index (χ0n) is 11.6. The van der Waals surface area contributed by atoms with E-state index in [1.807, 2.05) is 4.90 Å². The number of hydrogen-bond acceptors (Lipinski definition) is 4. The van der Waals surface area contributed by atoms with Gasteiger partial charge in [-0.2, -0.15) is 0 Å². The van der Waals surface area contributed by atoms with Crippen LogP contribution in [0.2, 0.25) is 5.02 Å². The van der Waals surface area contributed by atoms with E-state index in [0.29, 0.717) is 16.3 Å². The predicted molar refractivity (Wildman–Crippen MR) is 82.0 cm³/mol.